The molecule has 0 saturated heterocycles. The lowest BCUT2D eigenvalue weighted by molar-refractivity contribution is 0.0996. The predicted octanol–water partition coefficient (Wildman–Crippen LogP) is 2.84. The monoisotopic (exact) mass is 328 g/mol. The summed E-state index contributed by atoms with van der Waals surface area (Å²) in [4.78, 5) is 15.6. The molecule has 0 aliphatic carbocycles. The Balaban J connectivity index is 2.17. The number of hydrogen-bond acceptors (Lipinski definition) is 3. The van der Waals surface area contributed by atoms with Crippen molar-refractivity contribution >= 4 is 34.2 Å². The van der Waals surface area contributed by atoms with Gasteiger partial charge >= 0.3 is 0 Å². The minimum absolute atomic E-state index is 0.249. The second kappa shape index (κ2) is 4.65. The molecule has 0 bridgehead atoms. The van der Waals surface area contributed by atoms with Crippen LogP contribution < -0.4 is 5.32 Å². The van der Waals surface area contributed by atoms with Crippen LogP contribution in [0, 0.1) is 10.5 Å². The smallest absolute Gasteiger partial charge is 0.293 e. The minimum atomic E-state index is -0.281. The van der Waals surface area contributed by atoms with E-state index in [2.05, 4.69) is 32.9 Å². The van der Waals surface area contributed by atoms with Crippen molar-refractivity contribution in [2.45, 2.75) is 6.92 Å². The van der Waals surface area contributed by atoms with Gasteiger partial charge in [-0.1, -0.05) is 6.07 Å². The molecule has 0 atom stereocenters. The number of carbonyl (C=O) groups is 1. The Morgan fingerprint density at radius 2 is 2.31 bits per heavy atom. The molecular formula is C11H9IN2O2. The minimum Gasteiger partial charge on any atom is -0.438 e. The molecule has 0 saturated carbocycles. The van der Waals surface area contributed by atoms with Crippen LogP contribution in [0.25, 0.3) is 0 Å². The molecule has 1 aromatic heterocycles. The Bertz CT molecular complexity index is 522. The maximum absolute atomic E-state index is 11.8. The molecular weight excluding hydrogens is 319 g/mol. The summed E-state index contributed by atoms with van der Waals surface area (Å²) in [5.41, 5.74) is 1.33. The number of hydrogen-bond donors (Lipinski definition) is 1. The first-order valence-corrected chi connectivity index (χ1v) is 5.71. The first-order chi connectivity index (χ1) is 7.66. The van der Waals surface area contributed by atoms with Crippen LogP contribution in [0.4, 0.5) is 5.69 Å². The molecule has 2 rings (SSSR count). The van der Waals surface area contributed by atoms with Crippen LogP contribution in [0.15, 0.2) is 35.1 Å². The number of carbonyl (C=O) groups excluding carboxylic acids is 1. The van der Waals surface area contributed by atoms with E-state index in [0.29, 0.717) is 5.69 Å². The maximum Gasteiger partial charge on any atom is 0.293 e. The van der Waals surface area contributed by atoms with Gasteiger partial charge in [0.1, 0.15) is 0 Å². The van der Waals surface area contributed by atoms with Crippen molar-refractivity contribution in [1.29, 1.82) is 0 Å². The van der Waals surface area contributed by atoms with Crippen molar-refractivity contribution in [2.75, 3.05) is 5.32 Å². The number of anilines is 1. The van der Waals surface area contributed by atoms with Gasteiger partial charge in [-0.25, -0.2) is 4.98 Å². The van der Waals surface area contributed by atoms with Crippen molar-refractivity contribution in [2.24, 2.45) is 0 Å². The zero-order valence-electron chi connectivity index (χ0n) is 8.53. The highest BCUT2D eigenvalue weighted by Crippen LogP contribution is 2.14. The number of oxazole rings is 1. The molecule has 1 heterocycles. The standard InChI is InChI=1S/C11H9IN2O2/c1-7-10(16-6-13-7)11(15)14-9-4-2-3-8(12)5-9/h2-6H,1H3,(H,14,15). The topological polar surface area (TPSA) is 55.1 Å². The fourth-order valence-corrected chi connectivity index (χ4v) is 1.82. The highest BCUT2D eigenvalue weighted by atomic mass is 127. The van der Waals surface area contributed by atoms with E-state index in [1.54, 1.807) is 6.92 Å². The van der Waals surface area contributed by atoms with Crippen molar-refractivity contribution in [3.63, 3.8) is 0 Å². The normalized spacial score (nSPS) is 10.1. The molecule has 2 aromatic rings. The molecule has 16 heavy (non-hydrogen) atoms. The van der Waals surface area contributed by atoms with Crippen molar-refractivity contribution < 1.29 is 9.21 Å². The first-order valence-electron chi connectivity index (χ1n) is 4.64. The van der Waals surface area contributed by atoms with Gasteiger partial charge in [-0.05, 0) is 47.7 Å². The Kier molecular flexibility index (Phi) is 3.23. The molecule has 0 aliphatic heterocycles. The number of aromatic nitrogens is 1. The van der Waals surface area contributed by atoms with Gasteiger partial charge < -0.3 is 9.73 Å². The van der Waals surface area contributed by atoms with E-state index in [-0.39, 0.29) is 11.7 Å². The van der Waals surface area contributed by atoms with E-state index < -0.39 is 0 Å². The lowest BCUT2D eigenvalue weighted by Gasteiger charge is -2.03. The number of benzene rings is 1. The summed E-state index contributed by atoms with van der Waals surface area (Å²) in [5.74, 6) is -0.0316. The van der Waals surface area contributed by atoms with Gasteiger partial charge in [-0.3, -0.25) is 4.79 Å². The quantitative estimate of drug-likeness (QED) is 0.863. The summed E-state index contributed by atoms with van der Waals surface area (Å²) < 4.78 is 6.06. The molecule has 5 heteroatoms. The summed E-state index contributed by atoms with van der Waals surface area (Å²) >= 11 is 2.19. The second-order valence-corrected chi connectivity index (χ2v) is 4.48. The molecule has 1 amide bonds. The zero-order chi connectivity index (χ0) is 11.5. The van der Waals surface area contributed by atoms with Crippen LogP contribution in [-0.2, 0) is 0 Å². The van der Waals surface area contributed by atoms with E-state index in [9.17, 15) is 4.79 Å². The van der Waals surface area contributed by atoms with Crippen LogP contribution in [0.2, 0.25) is 0 Å². The van der Waals surface area contributed by atoms with Crippen LogP contribution >= 0.6 is 22.6 Å². The summed E-state index contributed by atoms with van der Waals surface area (Å²) in [5, 5.41) is 2.75. The second-order valence-electron chi connectivity index (χ2n) is 3.23. The number of amides is 1. The highest BCUT2D eigenvalue weighted by molar-refractivity contribution is 14.1. The fourth-order valence-electron chi connectivity index (χ4n) is 1.27. The molecule has 0 spiro atoms. The molecule has 1 aromatic carbocycles. The Morgan fingerprint density at radius 1 is 1.50 bits per heavy atom. The van der Waals surface area contributed by atoms with Gasteiger partial charge in [0.25, 0.3) is 5.91 Å². The lowest BCUT2D eigenvalue weighted by atomic mass is 10.3. The zero-order valence-corrected chi connectivity index (χ0v) is 10.7. The van der Waals surface area contributed by atoms with E-state index in [4.69, 9.17) is 4.42 Å². The number of halogens is 1. The summed E-state index contributed by atoms with van der Waals surface area (Å²) in [6, 6.07) is 7.54. The SMILES string of the molecule is Cc1ncoc1C(=O)Nc1cccc(I)c1. The average Bonchev–Trinajstić information content (AvgIpc) is 2.64. The van der Waals surface area contributed by atoms with E-state index in [1.807, 2.05) is 24.3 Å². The van der Waals surface area contributed by atoms with Crippen LogP contribution in [0.3, 0.4) is 0 Å². The summed E-state index contributed by atoms with van der Waals surface area (Å²) in [6.07, 6.45) is 1.26. The van der Waals surface area contributed by atoms with Crippen molar-refractivity contribution in [3.8, 4) is 0 Å². The van der Waals surface area contributed by atoms with Gasteiger partial charge in [0.2, 0.25) is 5.76 Å². The summed E-state index contributed by atoms with van der Waals surface area (Å²) in [7, 11) is 0. The molecule has 82 valence electrons. The Morgan fingerprint density at radius 3 is 2.94 bits per heavy atom. The third kappa shape index (κ3) is 2.41. The third-order valence-corrected chi connectivity index (χ3v) is 2.71. The third-order valence-electron chi connectivity index (χ3n) is 2.03. The molecule has 4 nitrogen and oxygen atoms in total. The molecule has 0 unspecified atom stereocenters. The van der Waals surface area contributed by atoms with Crippen LogP contribution in [0.5, 0.6) is 0 Å². The average molecular weight is 328 g/mol. The van der Waals surface area contributed by atoms with Gasteiger partial charge in [0.05, 0.1) is 5.69 Å². The first kappa shape index (κ1) is 11.1. The highest BCUT2D eigenvalue weighted by Gasteiger charge is 2.13. The van der Waals surface area contributed by atoms with Gasteiger partial charge in [0.15, 0.2) is 6.39 Å². The van der Waals surface area contributed by atoms with E-state index >= 15 is 0 Å². The summed E-state index contributed by atoms with van der Waals surface area (Å²) in [6.45, 7) is 1.73. The van der Waals surface area contributed by atoms with Gasteiger partial charge in [-0.15, -0.1) is 0 Å². The molecule has 0 fully saturated rings. The van der Waals surface area contributed by atoms with E-state index in [1.165, 1.54) is 6.39 Å². The predicted molar refractivity (Wildman–Crippen MR) is 68.4 cm³/mol. The van der Waals surface area contributed by atoms with Gasteiger partial charge in [0, 0.05) is 9.26 Å². The molecule has 0 radical (unpaired) electrons. The number of nitrogens with one attached hydrogen (secondary N) is 1. The van der Waals surface area contributed by atoms with Crippen LogP contribution in [0.1, 0.15) is 16.2 Å². The largest absolute Gasteiger partial charge is 0.438 e. The Hall–Kier alpha value is -1.37. The van der Waals surface area contributed by atoms with Crippen molar-refractivity contribution in [1.82, 2.24) is 4.98 Å². The number of nitrogens with zero attached hydrogens (tertiary/aromatic N) is 1. The molecule has 1 N–H and O–H groups in total. The lowest BCUT2D eigenvalue weighted by Crippen LogP contribution is -2.12. The fraction of sp³-hybridized carbons (Fsp3) is 0.0909. The molecule has 0 aliphatic rings. The van der Waals surface area contributed by atoms with Crippen molar-refractivity contribution in [3.05, 3.63) is 45.7 Å². The number of rotatable bonds is 2. The Labute approximate surface area is 106 Å². The van der Waals surface area contributed by atoms with Gasteiger partial charge in [-0.2, -0.15) is 0 Å². The maximum atomic E-state index is 11.8. The number of aryl methyl sites for hydroxylation is 1. The van der Waals surface area contributed by atoms with Crippen LogP contribution in [-0.4, -0.2) is 10.9 Å². The van der Waals surface area contributed by atoms with E-state index in [0.717, 1.165) is 9.26 Å².